The van der Waals surface area contributed by atoms with Crippen LogP contribution in [0.25, 0.3) is 0 Å². The molecular formula is C27H37ClN2. The highest BCUT2D eigenvalue weighted by atomic mass is 35.5. The molecule has 3 rings (SSSR count). The number of halogens is 1. The van der Waals surface area contributed by atoms with Gasteiger partial charge in [-0.2, -0.15) is 5.26 Å². The molecule has 1 saturated carbocycles. The number of nitriles is 1. The summed E-state index contributed by atoms with van der Waals surface area (Å²) in [5.74, 6) is 0.596. The Kier molecular flexibility index (Phi) is 10.4. The second-order valence-corrected chi connectivity index (χ2v) is 9.05. The van der Waals surface area contributed by atoms with E-state index in [1.165, 1.54) is 36.5 Å². The summed E-state index contributed by atoms with van der Waals surface area (Å²) in [5, 5.41) is 7.68. The van der Waals surface area contributed by atoms with Gasteiger partial charge in [-0.15, -0.1) is 11.6 Å². The molecule has 0 bridgehead atoms. The molecule has 0 aromatic heterocycles. The van der Waals surface area contributed by atoms with E-state index in [0.717, 1.165) is 25.8 Å². The molecule has 2 aromatic carbocycles. The second kappa shape index (κ2) is 12.8. The first-order valence-corrected chi connectivity index (χ1v) is 11.8. The molecule has 1 fully saturated rings. The SMILES string of the molecule is CC#N.CCC(CCc1ccc(C2CC2Cl)cc1)N(CCc1ccccc1)C(C)C. The van der Waals surface area contributed by atoms with Gasteiger partial charge in [0.25, 0.3) is 0 Å². The standard InChI is InChI=1S/C25H34ClN.C2H3N/c1-4-23(27(19(2)3)17-16-20-8-6-5-7-9-20)15-12-21-10-13-22(14-11-21)24-18-25(24)26;1-2-3/h5-11,13-14,19,23-25H,4,12,15-18H2,1-3H3;1H3. The summed E-state index contributed by atoms with van der Waals surface area (Å²) in [6.07, 6.45) is 5.86. The molecule has 0 amide bonds. The molecule has 0 N–H and O–H groups in total. The largest absolute Gasteiger partial charge is 0.298 e. The first kappa shape index (κ1) is 24.4. The Labute approximate surface area is 188 Å². The zero-order chi connectivity index (χ0) is 21.9. The third-order valence-corrected chi connectivity index (χ3v) is 6.47. The third-order valence-electron chi connectivity index (χ3n) is 5.99. The van der Waals surface area contributed by atoms with Gasteiger partial charge in [0, 0.05) is 36.8 Å². The van der Waals surface area contributed by atoms with Gasteiger partial charge in [0.05, 0.1) is 6.07 Å². The lowest BCUT2D eigenvalue weighted by molar-refractivity contribution is 0.143. The molecule has 0 aliphatic heterocycles. The lowest BCUT2D eigenvalue weighted by Crippen LogP contribution is -2.41. The summed E-state index contributed by atoms with van der Waals surface area (Å²) in [4.78, 5) is 2.70. The molecule has 1 aliphatic carbocycles. The fourth-order valence-electron chi connectivity index (χ4n) is 4.14. The molecule has 30 heavy (non-hydrogen) atoms. The molecule has 2 aromatic rings. The van der Waals surface area contributed by atoms with Crippen LogP contribution in [0.3, 0.4) is 0 Å². The van der Waals surface area contributed by atoms with Gasteiger partial charge in [0.2, 0.25) is 0 Å². The quantitative estimate of drug-likeness (QED) is 0.385. The second-order valence-electron chi connectivity index (χ2n) is 8.49. The fraction of sp³-hybridized carbons (Fsp3) is 0.519. The van der Waals surface area contributed by atoms with Gasteiger partial charge in [0.1, 0.15) is 0 Å². The van der Waals surface area contributed by atoms with Crippen LogP contribution in [-0.2, 0) is 12.8 Å². The zero-order valence-electron chi connectivity index (χ0n) is 19.0. The summed E-state index contributed by atoms with van der Waals surface area (Å²) in [7, 11) is 0. The maximum atomic E-state index is 7.32. The van der Waals surface area contributed by atoms with Gasteiger partial charge >= 0.3 is 0 Å². The van der Waals surface area contributed by atoms with Crippen molar-refractivity contribution in [3.63, 3.8) is 0 Å². The maximum Gasteiger partial charge on any atom is 0.0587 e. The highest BCUT2D eigenvalue weighted by Crippen LogP contribution is 2.45. The van der Waals surface area contributed by atoms with E-state index in [0.29, 0.717) is 23.4 Å². The van der Waals surface area contributed by atoms with Crippen LogP contribution < -0.4 is 0 Å². The first-order valence-electron chi connectivity index (χ1n) is 11.3. The third kappa shape index (κ3) is 7.78. The highest BCUT2D eigenvalue weighted by Gasteiger charge is 2.36. The Balaban J connectivity index is 0.00000101. The molecular weight excluding hydrogens is 388 g/mol. The van der Waals surface area contributed by atoms with Crippen molar-refractivity contribution < 1.29 is 0 Å². The Morgan fingerprint density at radius 3 is 2.10 bits per heavy atom. The van der Waals surface area contributed by atoms with Gasteiger partial charge in [-0.1, -0.05) is 61.5 Å². The predicted molar refractivity (Wildman–Crippen MR) is 129 cm³/mol. The summed E-state index contributed by atoms with van der Waals surface area (Å²) in [5.41, 5.74) is 4.31. The zero-order valence-corrected chi connectivity index (χ0v) is 19.8. The number of alkyl halides is 1. The van der Waals surface area contributed by atoms with E-state index < -0.39 is 0 Å². The summed E-state index contributed by atoms with van der Waals surface area (Å²) in [6.45, 7) is 9.57. The van der Waals surface area contributed by atoms with E-state index in [9.17, 15) is 0 Å². The van der Waals surface area contributed by atoms with E-state index >= 15 is 0 Å². The van der Waals surface area contributed by atoms with Crippen LogP contribution in [0.5, 0.6) is 0 Å². The molecule has 0 radical (unpaired) electrons. The van der Waals surface area contributed by atoms with Crippen LogP contribution in [0.2, 0.25) is 0 Å². The topological polar surface area (TPSA) is 27.0 Å². The van der Waals surface area contributed by atoms with Crippen LogP contribution in [-0.4, -0.2) is 28.9 Å². The summed E-state index contributed by atoms with van der Waals surface area (Å²) in [6, 6.07) is 23.0. The van der Waals surface area contributed by atoms with E-state index in [1.54, 1.807) is 6.07 Å². The molecule has 1 aliphatic rings. The van der Waals surface area contributed by atoms with E-state index in [1.807, 2.05) is 0 Å². The minimum Gasteiger partial charge on any atom is -0.298 e. The molecule has 162 valence electrons. The van der Waals surface area contributed by atoms with Crippen LogP contribution in [0.15, 0.2) is 54.6 Å². The number of rotatable bonds is 10. The molecule has 0 heterocycles. The van der Waals surface area contributed by atoms with Crippen molar-refractivity contribution >= 4 is 11.6 Å². The monoisotopic (exact) mass is 424 g/mol. The first-order chi connectivity index (χ1) is 14.5. The average Bonchev–Trinajstić information content (AvgIpc) is 3.48. The Bertz CT molecular complexity index is 764. The Hall–Kier alpha value is -1.82. The van der Waals surface area contributed by atoms with Crippen LogP contribution >= 0.6 is 11.6 Å². The van der Waals surface area contributed by atoms with Gasteiger partial charge in [-0.05, 0) is 62.6 Å². The average molecular weight is 425 g/mol. The molecule has 3 heteroatoms. The van der Waals surface area contributed by atoms with Gasteiger partial charge < -0.3 is 0 Å². The van der Waals surface area contributed by atoms with Crippen LogP contribution in [0, 0.1) is 11.3 Å². The van der Waals surface area contributed by atoms with Gasteiger partial charge in [0.15, 0.2) is 0 Å². The molecule has 3 atom stereocenters. The highest BCUT2D eigenvalue weighted by molar-refractivity contribution is 6.23. The number of aryl methyl sites for hydroxylation is 1. The lowest BCUT2D eigenvalue weighted by atomic mass is 9.99. The number of hydrogen-bond donors (Lipinski definition) is 0. The van der Waals surface area contributed by atoms with Crippen molar-refractivity contribution in [2.45, 2.75) is 83.2 Å². The predicted octanol–water partition coefficient (Wildman–Crippen LogP) is 6.98. The number of nitrogens with zero attached hydrogens (tertiary/aromatic N) is 2. The van der Waals surface area contributed by atoms with Crippen molar-refractivity contribution in [3.05, 3.63) is 71.3 Å². The molecule has 0 spiro atoms. The Morgan fingerprint density at radius 1 is 1.03 bits per heavy atom. The smallest absolute Gasteiger partial charge is 0.0587 e. The van der Waals surface area contributed by atoms with Crippen LogP contribution in [0.1, 0.15) is 69.6 Å². The summed E-state index contributed by atoms with van der Waals surface area (Å²) < 4.78 is 0. The number of hydrogen-bond acceptors (Lipinski definition) is 2. The minimum atomic E-state index is 0.365. The number of benzene rings is 2. The van der Waals surface area contributed by atoms with Crippen LogP contribution in [0.4, 0.5) is 0 Å². The maximum absolute atomic E-state index is 7.32. The van der Waals surface area contributed by atoms with E-state index in [2.05, 4.69) is 80.3 Å². The van der Waals surface area contributed by atoms with Gasteiger partial charge in [-0.25, -0.2) is 0 Å². The molecule has 2 nitrogen and oxygen atoms in total. The molecule has 0 saturated heterocycles. The normalized spacial score (nSPS) is 18.5. The van der Waals surface area contributed by atoms with E-state index in [-0.39, 0.29) is 0 Å². The van der Waals surface area contributed by atoms with E-state index in [4.69, 9.17) is 16.9 Å². The van der Waals surface area contributed by atoms with Crippen molar-refractivity contribution in [2.75, 3.05) is 6.54 Å². The fourth-order valence-corrected chi connectivity index (χ4v) is 4.48. The van der Waals surface area contributed by atoms with Gasteiger partial charge in [-0.3, -0.25) is 4.90 Å². The van der Waals surface area contributed by atoms with Crippen molar-refractivity contribution in [3.8, 4) is 6.07 Å². The van der Waals surface area contributed by atoms with Crippen molar-refractivity contribution in [2.24, 2.45) is 0 Å². The van der Waals surface area contributed by atoms with Crippen molar-refractivity contribution in [1.82, 2.24) is 4.90 Å². The van der Waals surface area contributed by atoms with Crippen molar-refractivity contribution in [1.29, 1.82) is 5.26 Å². The minimum absolute atomic E-state index is 0.365. The summed E-state index contributed by atoms with van der Waals surface area (Å²) >= 11 is 6.18. The Morgan fingerprint density at radius 2 is 1.60 bits per heavy atom. The molecule has 3 unspecified atom stereocenters. The lowest BCUT2D eigenvalue weighted by Gasteiger charge is -2.35.